The number of nitrogens with one attached hydrogen (secondary N) is 1. The lowest BCUT2D eigenvalue weighted by Gasteiger charge is -2.35. The highest BCUT2D eigenvalue weighted by atomic mass is 16.2. The number of carbonyl (C=O) groups excluding carboxylic acids is 1. The van der Waals surface area contributed by atoms with Gasteiger partial charge in [0.1, 0.15) is 11.5 Å². The molecule has 3 N–H and O–H groups in total. The lowest BCUT2D eigenvalue weighted by molar-refractivity contribution is 0.0740. The maximum Gasteiger partial charge on any atom is 0.271 e. The number of pyridine rings is 1. The standard InChI is InChI=1S/C13H16N6O/c14-10-1-2-12(15-9-10)18-5-7-19(8-6-18)13(20)11-3-4-16-17-11/h1-4,9H,5-8,14H2,(H,16,17). The molecule has 1 aliphatic heterocycles. The lowest BCUT2D eigenvalue weighted by Crippen LogP contribution is -2.49. The second-order valence-corrected chi connectivity index (χ2v) is 4.70. The lowest BCUT2D eigenvalue weighted by atomic mass is 10.2. The van der Waals surface area contributed by atoms with Crippen molar-refractivity contribution < 1.29 is 4.79 Å². The highest BCUT2D eigenvalue weighted by Crippen LogP contribution is 2.15. The van der Waals surface area contributed by atoms with Crippen LogP contribution in [0.15, 0.2) is 30.6 Å². The van der Waals surface area contributed by atoms with Crippen molar-refractivity contribution in [2.24, 2.45) is 0 Å². The molecule has 3 rings (SSSR count). The van der Waals surface area contributed by atoms with E-state index >= 15 is 0 Å². The van der Waals surface area contributed by atoms with Crippen LogP contribution >= 0.6 is 0 Å². The van der Waals surface area contributed by atoms with E-state index in [0.717, 1.165) is 18.9 Å². The number of piperazine rings is 1. The molecule has 2 aromatic heterocycles. The summed E-state index contributed by atoms with van der Waals surface area (Å²) in [6.45, 7) is 2.86. The van der Waals surface area contributed by atoms with Gasteiger partial charge in [0.25, 0.3) is 5.91 Å². The third-order valence-corrected chi connectivity index (χ3v) is 3.39. The topological polar surface area (TPSA) is 91.1 Å². The second-order valence-electron chi connectivity index (χ2n) is 4.70. The van der Waals surface area contributed by atoms with Crippen LogP contribution in [0.4, 0.5) is 11.5 Å². The zero-order valence-electron chi connectivity index (χ0n) is 11.0. The average Bonchev–Trinajstić information content (AvgIpc) is 3.02. The van der Waals surface area contributed by atoms with Gasteiger partial charge < -0.3 is 15.5 Å². The quantitative estimate of drug-likeness (QED) is 0.823. The minimum atomic E-state index is -0.00702. The Labute approximate surface area is 116 Å². The normalized spacial score (nSPS) is 15.4. The van der Waals surface area contributed by atoms with Crippen molar-refractivity contribution in [3.8, 4) is 0 Å². The summed E-state index contributed by atoms with van der Waals surface area (Å²) >= 11 is 0. The van der Waals surface area contributed by atoms with Crippen molar-refractivity contribution in [3.05, 3.63) is 36.3 Å². The van der Waals surface area contributed by atoms with Crippen LogP contribution in [0.3, 0.4) is 0 Å². The van der Waals surface area contributed by atoms with Gasteiger partial charge in [-0.3, -0.25) is 9.89 Å². The maximum atomic E-state index is 12.2. The fourth-order valence-corrected chi connectivity index (χ4v) is 2.27. The Morgan fingerprint density at radius 1 is 1.20 bits per heavy atom. The number of aromatic nitrogens is 3. The van der Waals surface area contributed by atoms with Gasteiger partial charge in [-0.1, -0.05) is 0 Å². The molecule has 0 aliphatic carbocycles. The van der Waals surface area contributed by atoms with E-state index in [4.69, 9.17) is 5.73 Å². The van der Waals surface area contributed by atoms with Crippen molar-refractivity contribution in [2.45, 2.75) is 0 Å². The first-order valence-electron chi connectivity index (χ1n) is 6.49. The number of anilines is 2. The molecule has 0 atom stereocenters. The van der Waals surface area contributed by atoms with Gasteiger partial charge in [-0.25, -0.2) is 4.98 Å². The molecular formula is C13H16N6O. The molecule has 0 saturated carbocycles. The number of rotatable bonds is 2. The number of carbonyl (C=O) groups is 1. The Kier molecular flexibility index (Phi) is 3.24. The molecule has 7 nitrogen and oxygen atoms in total. The van der Waals surface area contributed by atoms with Gasteiger partial charge in [-0.2, -0.15) is 5.10 Å². The van der Waals surface area contributed by atoms with Crippen LogP contribution in [-0.2, 0) is 0 Å². The van der Waals surface area contributed by atoms with Gasteiger partial charge in [0.2, 0.25) is 0 Å². The second kappa shape index (κ2) is 5.20. The van der Waals surface area contributed by atoms with Crippen LogP contribution in [-0.4, -0.2) is 52.2 Å². The Hall–Kier alpha value is -2.57. The van der Waals surface area contributed by atoms with E-state index in [1.807, 2.05) is 17.0 Å². The molecule has 0 radical (unpaired) electrons. The van der Waals surface area contributed by atoms with Crippen molar-refractivity contribution in [2.75, 3.05) is 36.8 Å². The average molecular weight is 272 g/mol. The van der Waals surface area contributed by atoms with Crippen LogP contribution in [0.25, 0.3) is 0 Å². The number of amides is 1. The number of nitrogen functional groups attached to an aromatic ring is 1. The number of H-pyrrole nitrogens is 1. The first kappa shape index (κ1) is 12.5. The highest BCUT2D eigenvalue weighted by Gasteiger charge is 2.23. The van der Waals surface area contributed by atoms with E-state index in [0.29, 0.717) is 24.5 Å². The molecule has 2 aromatic rings. The minimum absolute atomic E-state index is 0.00702. The molecular weight excluding hydrogens is 256 g/mol. The molecule has 1 fully saturated rings. The van der Waals surface area contributed by atoms with Gasteiger partial charge in [-0.05, 0) is 18.2 Å². The number of aromatic amines is 1. The Bertz CT molecular complexity index is 571. The number of nitrogens with zero attached hydrogens (tertiary/aromatic N) is 4. The summed E-state index contributed by atoms with van der Waals surface area (Å²) < 4.78 is 0. The molecule has 1 aliphatic rings. The van der Waals surface area contributed by atoms with Crippen LogP contribution in [0.1, 0.15) is 10.5 Å². The largest absolute Gasteiger partial charge is 0.397 e. The monoisotopic (exact) mass is 272 g/mol. The maximum absolute atomic E-state index is 12.2. The van der Waals surface area contributed by atoms with E-state index in [9.17, 15) is 4.79 Å². The van der Waals surface area contributed by atoms with Crippen molar-refractivity contribution in [3.63, 3.8) is 0 Å². The molecule has 104 valence electrons. The summed E-state index contributed by atoms with van der Waals surface area (Å²) in [7, 11) is 0. The van der Waals surface area contributed by atoms with E-state index in [1.165, 1.54) is 0 Å². The van der Waals surface area contributed by atoms with Gasteiger partial charge >= 0.3 is 0 Å². The van der Waals surface area contributed by atoms with Crippen LogP contribution < -0.4 is 10.6 Å². The fourth-order valence-electron chi connectivity index (χ4n) is 2.27. The predicted molar refractivity (Wildman–Crippen MR) is 75.4 cm³/mol. The van der Waals surface area contributed by atoms with E-state index in [2.05, 4.69) is 20.1 Å². The zero-order chi connectivity index (χ0) is 13.9. The summed E-state index contributed by atoms with van der Waals surface area (Å²) in [5.41, 5.74) is 6.81. The summed E-state index contributed by atoms with van der Waals surface area (Å²) in [4.78, 5) is 20.4. The Balaban J connectivity index is 1.62. The molecule has 0 spiro atoms. The van der Waals surface area contributed by atoms with E-state index in [1.54, 1.807) is 18.5 Å². The van der Waals surface area contributed by atoms with Crippen LogP contribution in [0.5, 0.6) is 0 Å². The van der Waals surface area contributed by atoms with E-state index in [-0.39, 0.29) is 5.91 Å². The molecule has 1 saturated heterocycles. The molecule has 0 bridgehead atoms. The molecule has 3 heterocycles. The van der Waals surface area contributed by atoms with Crippen LogP contribution in [0, 0.1) is 0 Å². The predicted octanol–water partition coefficient (Wildman–Crippen LogP) is 0.349. The Morgan fingerprint density at radius 3 is 2.60 bits per heavy atom. The molecule has 7 heteroatoms. The third kappa shape index (κ3) is 2.42. The summed E-state index contributed by atoms with van der Waals surface area (Å²) in [6, 6.07) is 5.43. The van der Waals surface area contributed by atoms with Crippen LogP contribution in [0.2, 0.25) is 0 Å². The number of hydrogen-bond donors (Lipinski definition) is 2. The number of nitrogens with two attached hydrogens (primary N) is 1. The van der Waals surface area contributed by atoms with Crippen molar-refractivity contribution in [1.82, 2.24) is 20.1 Å². The molecule has 1 amide bonds. The minimum Gasteiger partial charge on any atom is -0.397 e. The van der Waals surface area contributed by atoms with Gasteiger partial charge in [0, 0.05) is 32.4 Å². The van der Waals surface area contributed by atoms with Gasteiger partial charge in [-0.15, -0.1) is 0 Å². The van der Waals surface area contributed by atoms with Crippen molar-refractivity contribution in [1.29, 1.82) is 0 Å². The van der Waals surface area contributed by atoms with Gasteiger partial charge in [0.05, 0.1) is 11.9 Å². The zero-order valence-corrected chi connectivity index (χ0v) is 11.0. The summed E-state index contributed by atoms with van der Waals surface area (Å²) in [5.74, 6) is 0.889. The first-order chi connectivity index (χ1) is 9.74. The Morgan fingerprint density at radius 2 is 2.00 bits per heavy atom. The van der Waals surface area contributed by atoms with Gasteiger partial charge in [0.15, 0.2) is 0 Å². The smallest absolute Gasteiger partial charge is 0.271 e. The highest BCUT2D eigenvalue weighted by molar-refractivity contribution is 5.92. The van der Waals surface area contributed by atoms with E-state index < -0.39 is 0 Å². The molecule has 0 unspecified atom stereocenters. The molecule has 0 aromatic carbocycles. The number of hydrogen-bond acceptors (Lipinski definition) is 5. The first-order valence-corrected chi connectivity index (χ1v) is 6.49. The third-order valence-electron chi connectivity index (χ3n) is 3.39. The molecule has 20 heavy (non-hydrogen) atoms. The van der Waals surface area contributed by atoms with Crippen molar-refractivity contribution >= 4 is 17.4 Å². The summed E-state index contributed by atoms with van der Waals surface area (Å²) in [6.07, 6.45) is 3.24. The fraction of sp³-hybridized carbons (Fsp3) is 0.308. The SMILES string of the molecule is Nc1ccc(N2CCN(C(=O)c3ccn[nH]3)CC2)nc1. The summed E-state index contributed by atoms with van der Waals surface area (Å²) in [5, 5.41) is 6.51.